The Bertz CT molecular complexity index is 935. The van der Waals surface area contributed by atoms with Gasteiger partial charge in [0.25, 0.3) is 5.91 Å². The number of benzene rings is 1. The number of amides is 3. The smallest absolute Gasteiger partial charge is 0.374 e. The zero-order chi connectivity index (χ0) is 19.9. The molecule has 0 unspecified atom stereocenters. The van der Waals surface area contributed by atoms with E-state index in [1.54, 1.807) is 6.92 Å². The number of hydrogen-bond donors (Lipinski definition) is 1. The van der Waals surface area contributed by atoms with Crippen LogP contribution in [0.25, 0.3) is 0 Å². The van der Waals surface area contributed by atoms with Crippen molar-refractivity contribution in [1.82, 2.24) is 10.2 Å². The highest BCUT2D eigenvalue weighted by molar-refractivity contribution is 6.07. The minimum Gasteiger partial charge on any atom is -0.463 e. The molecule has 7 nitrogen and oxygen atoms in total. The summed E-state index contributed by atoms with van der Waals surface area (Å²) >= 11 is 0. The van der Waals surface area contributed by atoms with Crippen LogP contribution in [0.3, 0.4) is 0 Å². The fourth-order valence-corrected chi connectivity index (χ4v) is 3.06. The highest BCUT2D eigenvalue weighted by atomic mass is 19.1. The van der Waals surface area contributed by atoms with Gasteiger partial charge in [-0.2, -0.15) is 0 Å². The second-order valence-corrected chi connectivity index (χ2v) is 6.26. The van der Waals surface area contributed by atoms with E-state index in [0.717, 1.165) is 23.1 Å². The summed E-state index contributed by atoms with van der Waals surface area (Å²) in [7, 11) is 1.19. The Balaban J connectivity index is 1.92. The number of methoxy groups -OCH3 is 1. The molecule has 2 aromatic rings. The highest BCUT2D eigenvalue weighted by Gasteiger charge is 2.51. The maximum Gasteiger partial charge on any atom is 0.374 e. The molecule has 1 aromatic heterocycles. The third kappa shape index (κ3) is 2.94. The van der Waals surface area contributed by atoms with Gasteiger partial charge in [-0.3, -0.25) is 9.69 Å². The third-order valence-corrected chi connectivity index (χ3v) is 4.39. The van der Waals surface area contributed by atoms with Crippen molar-refractivity contribution >= 4 is 17.9 Å². The van der Waals surface area contributed by atoms with Crippen molar-refractivity contribution in [2.24, 2.45) is 0 Å². The number of hydrogen-bond acceptors (Lipinski definition) is 5. The normalized spacial score (nSPS) is 19.4. The standard InChI is InChI=1S/C18H16F2N2O5/c1-9-7-10(27-14(9)15(23)26-3)8-22-16(24)18(2,21-17(22)25)13-11(19)5-4-6-12(13)20/h4-7H,8H2,1-3H3,(H,21,25)/t18-/m0/s1. The van der Waals surface area contributed by atoms with Crippen molar-refractivity contribution in [2.75, 3.05) is 7.11 Å². The van der Waals surface area contributed by atoms with Crippen molar-refractivity contribution in [1.29, 1.82) is 0 Å². The Morgan fingerprint density at radius 3 is 2.52 bits per heavy atom. The van der Waals surface area contributed by atoms with E-state index in [2.05, 4.69) is 10.1 Å². The molecule has 0 radical (unpaired) electrons. The van der Waals surface area contributed by atoms with Gasteiger partial charge in [0, 0.05) is 5.56 Å². The van der Waals surface area contributed by atoms with E-state index in [9.17, 15) is 23.2 Å². The molecule has 1 saturated heterocycles. The number of carbonyl (C=O) groups excluding carboxylic acids is 3. The summed E-state index contributed by atoms with van der Waals surface area (Å²) < 4.78 is 38.2. The first kappa shape index (κ1) is 18.6. The van der Waals surface area contributed by atoms with Gasteiger partial charge in [0.2, 0.25) is 5.76 Å². The number of halogens is 2. The van der Waals surface area contributed by atoms with Crippen LogP contribution in [0.1, 0.15) is 34.4 Å². The third-order valence-electron chi connectivity index (χ3n) is 4.39. The Hall–Kier alpha value is -3.23. The van der Waals surface area contributed by atoms with Crippen LogP contribution in [0.4, 0.5) is 13.6 Å². The van der Waals surface area contributed by atoms with Crippen LogP contribution >= 0.6 is 0 Å². The van der Waals surface area contributed by atoms with Crippen molar-refractivity contribution in [3.8, 4) is 0 Å². The predicted octanol–water partition coefficient (Wildman–Crippen LogP) is 2.62. The molecule has 3 amide bonds. The topological polar surface area (TPSA) is 88.8 Å². The number of urea groups is 1. The van der Waals surface area contributed by atoms with Crippen molar-refractivity contribution in [3.63, 3.8) is 0 Å². The summed E-state index contributed by atoms with van der Waals surface area (Å²) in [4.78, 5) is 37.5. The molecule has 1 fully saturated rings. The Morgan fingerprint density at radius 1 is 1.30 bits per heavy atom. The van der Waals surface area contributed by atoms with Crippen LogP contribution in [-0.2, 0) is 21.6 Å². The molecule has 3 rings (SSSR count). The average molecular weight is 378 g/mol. The van der Waals surface area contributed by atoms with Gasteiger partial charge in [-0.25, -0.2) is 18.4 Å². The number of nitrogens with zero attached hydrogens (tertiary/aromatic N) is 1. The Morgan fingerprint density at radius 2 is 1.93 bits per heavy atom. The molecule has 1 aliphatic rings. The lowest BCUT2D eigenvalue weighted by atomic mass is 9.91. The lowest BCUT2D eigenvalue weighted by molar-refractivity contribution is -0.131. The molecular weight excluding hydrogens is 362 g/mol. The van der Waals surface area contributed by atoms with E-state index in [-0.39, 0.29) is 18.1 Å². The summed E-state index contributed by atoms with van der Waals surface area (Å²) in [6.07, 6.45) is 0. The molecule has 9 heteroatoms. The number of rotatable bonds is 4. The maximum atomic E-state index is 14.2. The number of esters is 1. The van der Waals surface area contributed by atoms with Gasteiger partial charge in [-0.15, -0.1) is 0 Å². The summed E-state index contributed by atoms with van der Waals surface area (Å²) in [6, 6.07) is 3.82. The van der Waals surface area contributed by atoms with Crippen LogP contribution in [0.5, 0.6) is 0 Å². The minimum atomic E-state index is -1.90. The molecule has 1 atom stereocenters. The van der Waals surface area contributed by atoms with Crippen molar-refractivity contribution in [2.45, 2.75) is 25.9 Å². The van der Waals surface area contributed by atoms with Crippen LogP contribution in [0.2, 0.25) is 0 Å². The molecule has 2 heterocycles. The molecule has 142 valence electrons. The molecular formula is C18H16F2N2O5. The molecule has 0 saturated carbocycles. The summed E-state index contributed by atoms with van der Waals surface area (Å²) in [5.74, 6) is -3.35. The van der Waals surface area contributed by atoms with E-state index >= 15 is 0 Å². The van der Waals surface area contributed by atoms with Crippen LogP contribution in [-0.4, -0.2) is 29.9 Å². The van der Waals surface area contributed by atoms with Crippen LogP contribution < -0.4 is 5.32 Å². The minimum absolute atomic E-state index is 0.0533. The fraction of sp³-hybridized carbons (Fsp3) is 0.278. The van der Waals surface area contributed by atoms with Crippen LogP contribution in [0.15, 0.2) is 28.7 Å². The van der Waals surface area contributed by atoms with Gasteiger partial charge in [0.1, 0.15) is 22.9 Å². The van der Waals surface area contributed by atoms with E-state index in [1.165, 1.54) is 20.1 Å². The van der Waals surface area contributed by atoms with E-state index < -0.39 is 40.6 Å². The second kappa shape index (κ2) is 6.49. The van der Waals surface area contributed by atoms with Crippen molar-refractivity contribution in [3.05, 3.63) is 58.5 Å². The quantitative estimate of drug-likeness (QED) is 0.653. The first-order chi connectivity index (χ1) is 12.7. The van der Waals surface area contributed by atoms with Crippen LogP contribution in [0, 0.1) is 18.6 Å². The molecule has 0 spiro atoms. The van der Waals surface area contributed by atoms with Gasteiger partial charge < -0.3 is 14.5 Å². The van der Waals surface area contributed by atoms with Gasteiger partial charge in [0.15, 0.2) is 0 Å². The monoisotopic (exact) mass is 378 g/mol. The number of nitrogens with one attached hydrogen (secondary N) is 1. The number of furan rings is 1. The number of imide groups is 1. The highest BCUT2D eigenvalue weighted by Crippen LogP contribution is 2.33. The molecule has 1 aliphatic heterocycles. The largest absolute Gasteiger partial charge is 0.463 e. The Kier molecular flexibility index (Phi) is 4.46. The fourth-order valence-electron chi connectivity index (χ4n) is 3.06. The molecule has 0 bridgehead atoms. The van der Waals surface area contributed by atoms with Gasteiger partial charge in [0.05, 0.1) is 19.2 Å². The molecule has 0 aliphatic carbocycles. The van der Waals surface area contributed by atoms with E-state index in [4.69, 9.17) is 4.42 Å². The maximum absolute atomic E-state index is 14.2. The predicted molar refractivity (Wildman–Crippen MR) is 87.6 cm³/mol. The first-order valence-electron chi connectivity index (χ1n) is 7.95. The van der Waals surface area contributed by atoms with Gasteiger partial charge in [-0.1, -0.05) is 6.07 Å². The average Bonchev–Trinajstić information content (AvgIpc) is 3.07. The van der Waals surface area contributed by atoms with E-state index in [0.29, 0.717) is 5.56 Å². The lowest BCUT2D eigenvalue weighted by Gasteiger charge is -2.23. The molecule has 1 N–H and O–H groups in total. The number of ether oxygens (including phenoxy) is 1. The SMILES string of the molecule is COC(=O)c1oc(CN2C(=O)N[C@@](C)(c3c(F)cccc3F)C2=O)cc1C. The van der Waals surface area contributed by atoms with Crippen molar-refractivity contribution < 1.29 is 32.3 Å². The summed E-state index contributed by atoms with van der Waals surface area (Å²) in [6.45, 7) is 2.51. The zero-order valence-corrected chi connectivity index (χ0v) is 14.8. The molecule has 1 aromatic carbocycles. The van der Waals surface area contributed by atoms with Gasteiger partial charge in [-0.05, 0) is 32.0 Å². The second-order valence-electron chi connectivity index (χ2n) is 6.26. The lowest BCUT2D eigenvalue weighted by Crippen LogP contribution is -2.42. The first-order valence-corrected chi connectivity index (χ1v) is 7.95. The summed E-state index contributed by atoms with van der Waals surface area (Å²) in [5, 5.41) is 2.33. The Labute approximate surface area is 152 Å². The number of aryl methyl sites for hydroxylation is 1. The van der Waals surface area contributed by atoms with E-state index in [1.807, 2.05) is 0 Å². The zero-order valence-electron chi connectivity index (χ0n) is 14.8. The number of carbonyl (C=O) groups is 3. The summed E-state index contributed by atoms with van der Waals surface area (Å²) in [5.41, 5.74) is -1.98. The molecule has 27 heavy (non-hydrogen) atoms. The van der Waals surface area contributed by atoms with Gasteiger partial charge >= 0.3 is 12.0 Å².